The van der Waals surface area contributed by atoms with Crippen LogP contribution in [0, 0.1) is 0 Å². The zero-order valence-electron chi connectivity index (χ0n) is 8.37. The van der Waals surface area contributed by atoms with Crippen LogP contribution < -0.4 is 0 Å². The molecule has 0 fully saturated rings. The van der Waals surface area contributed by atoms with Gasteiger partial charge in [0.15, 0.2) is 0 Å². The number of nitrogens with zero attached hydrogens (tertiary/aromatic N) is 3. The van der Waals surface area contributed by atoms with Crippen LogP contribution in [0.25, 0.3) is 5.52 Å². The van der Waals surface area contributed by atoms with Gasteiger partial charge in [0.1, 0.15) is 0 Å². The molecule has 0 saturated carbocycles. The fourth-order valence-corrected chi connectivity index (χ4v) is 1.54. The fourth-order valence-electron chi connectivity index (χ4n) is 1.54. The van der Waals surface area contributed by atoms with Crippen LogP contribution in [0.15, 0.2) is 37.4 Å². The Morgan fingerprint density at radius 2 is 2.40 bits per heavy atom. The SMILES string of the molecule is C=CCCC(O)c1cnn2ccncc12. The van der Waals surface area contributed by atoms with E-state index in [1.54, 1.807) is 35.4 Å². The maximum atomic E-state index is 9.91. The Balaban J connectivity index is 2.30. The van der Waals surface area contributed by atoms with Crippen LogP contribution in [0.2, 0.25) is 0 Å². The Kier molecular flexibility index (Phi) is 2.78. The summed E-state index contributed by atoms with van der Waals surface area (Å²) < 4.78 is 1.71. The molecule has 78 valence electrons. The van der Waals surface area contributed by atoms with Crippen molar-refractivity contribution in [1.82, 2.24) is 14.6 Å². The molecular formula is C11H13N3O. The van der Waals surface area contributed by atoms with Crippen molar-refractivity contribution in [3.8, 4) is 0 Å². The average molecular weight is 203 g/mol. The van der Waals surface area contributed by atoms with Gasteiger partial charge in [-0.15, -0.1) is 6.58 Å². The first-order valence-electron chi connectivity index (χ1n) is 4.89. The number of aliphatic hydroxyl groups is 1. The van der Waals surface area contributed by atoms with Crippen LogP contribution in [-0.2, 0) is 0 Å². The molecule has 2 aromatic rings. The molecule has 0 saturated heterocycles. The number of aliphatic hydroxyl groups excluding tert-OH is 1. The van der Waals surface area contributed by atoms with Crippen LogP contribution in [-0.4, -0.2) is 19.7 Å². The molecule has 1 atom stereocenters. The van der Waals surface area contributed by atoms with Crippen molar-refractivity contribution in [2.45, 2.75) is 18.9 Å². The quantitative estimate of drug-likeness (QED) is 0.770. The molecule has 0 aromatic carbocycles. The highest BCUT2D eigenvalue weighted by Gasteiger charge is 2.12. The predicted octanol–water partition coefficient (Wildman–Crippen LogP) is 1.73. The van der Waals surface area contributed by atoms with Crippen molar-refractivity contribution in [2.75, 3.05) is 0 Å². The maximum absolute atomic E-state index is 9.91. The zero-order chi connectivity index (χ0) is 10.7. The van der Waals surface area contributed by atoms with Gasteiger partial charge in [0, 0.05) is 18.0 Å². The lowest BCUT2D eigenvalue weighted by Crippen LogP contribution is -1.96. The molecule has 0 aliphatic carbocycles. The van der Waals surface area contributed by atoms with Gasteiger partial charge in [-0.3, -0.25) is 4.98 Å². The van der Waals surface area contributed by atoms with E-state index in [4.69, 9.17) is 0 Å². The van der Waals surface area contributed by atoms with Gasteiger partial charge in [-0.2, -0.15) is 5.10 Å². The molecular weight excluding hydrogens is 190 g/mol. The van der Waals surface area contributed by atoms with E-state index in [0.717, 1.165) is 17.5 Å². The molecule has 1 N–H and O–H groups in total. The highest BCUT2D eigenvalue weighted by atomic mass is 16.3. The number of rotatable bonds is 4. The van der Waals surface area contributed by atoms with Crippen LogP contribution in [0.3, 0.4) is 0 Å². The van der Waals surface area contributed by atoms with Crippen LogP contribution >= 0.6 is 0 Å². The molecule has 0 aliphatic heterocycles. The lowest BCUT2D eigenvalue weighted by atomic mass is 10.1. The Morgan fingerprint density at radius 3 is 3.20 bits per heavy atom. The first-order valence-corrected chi connectivity index (χ1v) is 4.89. The Bertz CT molecular complexity index is 464. The van der Waals surface area contributed by atoms with Crippen molar-refractivity contribution in [3.63, 3.8) is 0 Å². The predicted molar refractivity (Wildman–Crippen MR) is 57.4 cm³/mol. The summed E-state index contributed by atoms with van der Waals surface area (Å²) in [6.45, 7) is 3.63. The topological polar surface area (TPSA) is 50.4 Å². The lowest BCUT2D eigenvalue weighted by molar-refractivity contribution is 0.170. The van der Waals surface area contributed by atoms with E-state index in [2.05, 4.69) is 16.7 Å². The third-order valence-electron chi connectivity index (χ3n) is 2.36. The number of hydrogen-bond donors (Lipinski definition) is 1. The lowest BCUT2D eigenvalue weighted by Gasteiger charge is -2.06. The zero-order valence-corrected chi connectivity index (χ0v) is 8.37. The second-order valence-corrected chi connectivity index (χ2v) is 3.39. The molecule has 2 rings (SSSR count). The third kappa shape index (κ3) is 1.89. The summed E-state index contributed by atoms with van der Waals surface area (Å²) in [7, 11) is 0. The van der Waals surface area contributed by atoms with Gasteiger partial charge in [-0.25, -0.2) is 4.52 Å². The fraction of sp³-hybridized carbons (Fsp3) is 0.273. The van der Waals surface area contributed by atoms with Gasteiger partial charge in [-0.05, 0) is 12.8 Å². The van der Waals surface area contributed by atoms with Gasteiger partial charge in [0.25, 0.3) is 0 Å². The molecule has 4 nitrogen and oxygen atoms in total. The first kappa shape index (κ1) is 9.86. The summed E-state index contributed by atoms with van der Waals surface area (Å²) in [6.07, 6.45) is 9.58. The van der Waals surface area contributed by atoms with Gasteiger partial charge in [0.05, 0.1) is 24.0 Å². The highest BCUT2D eigenvalue weighted by molar-refractivity contribution is 5.52. The van der Waals surface area contributed by atoms with Crippen molar-refractivity contribution in [3.05, 3.63) is 43.0 Å². The standard InChI is InChI=1S/C11H13N3O/c1-2-3-4-11(15)9-7-13-14-6-5-12-8-10(9)14/h2,5-8,11,15H,1,3-4H2. The molecule has 2 aromatic heterocycles. The summed E-state index contributed by atoms with van der Waals surface area (Å²) in [5.41, 5.74) is 1.68. The van der Waals surface area contributed by atoms with Crippen molar-refractivity contribution in [1.29, 1.82) is 0 Å². The molecule has 15 heavy (non-hydrogen) atoms. The van der Waals surface area contributed by atoms with E-state index in [1.807, 2.05) is 0 Å². The normalized spacial score (nSPS) is 12.9. The molecule has 0 amide bonds. The van der Waals surface area contributed by atoms with Crippen molar-refractivity contribution < 1.29 is 5.11 Å². The Morgan fingerprint density at radius 1 is 1.53 bits per heavy atom. The molecule has 0 bridgehead atoms. The summed E-state index contributed by atoms with van der Waals surface area (Å²) in [5, 5.41) is 14.0. The number of aromatic nitrogens is 3. The summed E-state index contributed by atoms with van der Waals surface area (Å²) >= 11 is 0. The van der Waals surface area contributed by atoms with Gasteiger partial charge in [-0.1, -0.05) is 6.08 Å². The molecule has 0 aliphatic rings. The van der Waals surface area contributed by atoms with E-state index in [9.17, 15) is 5.11 Å². The summed E-state index contributed by atoms with van der Waals surface area (Å²) in [5.74, 6) is 0. The van der Waals surface area contributed by atoms with Gasteiger partial charge in [0.2, 0.25) is 0 Å². The first-order chi connectivity index (χ1) is 7.33. The monoisotopic (exact) mass is 203 g/mol. The smallest absolute Gasteiger partial charge is 0.0902 e. The minimum absolute atomic E-state index is 0.496. The minimum Gasteiger partial charge on any atom is -0.388 e. The number of hydrogen-bond acceptors (Lipinski definition) is 3. The maximum Gasteiger partial charge on any atom is 0.0902 e. The summed E-state index contributed by atoms with van der Waals surface area (Å²) in [4.78, 5) is 4.02. The average Bonchev–Trinajstić information content (AvgIpc) is 2.69. The van der Waals surface area contributed by atoms with Crippen LogP contribution in [0.5, 0.6) is 0 Å². The molecule has 1 unspecified atom stereocenters. The Hall–Kier alpha value is -1.68. The minimum atomic E-state index is -0.496. The van der Waals surface area contributed by atoms with Crippen LogP contribution in [0.4, 0.5) is 0 Å². The van der Waals surface area contributed by atoms with E-state index >= 15 is 0 Å². The summed E-state index contributed by atoms with van der Waals surface area (Å²) in [6, 6.07) is 0. The molecule has 4 heteroatoms. The molecule has 2 heterocycles. The van der Waals surface area contributed by atoms with E-state index in [0.29, 0.717) is 6.42 Å². The number of allylic oxidation sites excluding steroid dienone is 1. The Labute approximate surface area is 87.9 Å². The van der Waals surface area contributed by atoms with E-state index in [1.165, 1.54) is 0 Å². The second-order valence-electron chi connectivity index (χ2n) is 3.39. The van der Waals surface area contributed by atoms with E-state index in [-0.39, 0.29) is 0 Å². The number of fused-ring (bicyclic) bond motifs is 1. The van der Waals surface area contributed by atoms with E-state index < -0.39 is 6.10 Å². The highest BCUT2D eigenvalue weighted by Crippen LogP contribution is 2.22. The molecule has 0 radical (unpaired) electrons. The molecule has 0 spiro atoms. The van der Waals surface area contributed by atoms with Crippen molar-refractivity contribution >= 4 is 5.52 Å². The largest absolute Gasteiger partial charge is 0.388 e. The second kappa shape index (κ2) is 4.23. The van der Waals surface area contributed by atoms with Gasteiger partial charge >= 0.3 is 0 Å². The van der Waals surface area contributed by atoms with Crippen molar-refractivity contribution in [2.24, 2.45) is 0 Å². The van der Waals surface area contributed by atoms with Gasteiger partial charge < -0.3 is 5.11 Å². The third-order valence-corrected chi connectivity index (χ3v) is 2.36. The van der Waals surface area contributed by atoms with Crippen LogP contribution in [0.1, 0.15) is 24.5 Å².